The molecule has 1 atom stereocenters. The van der Waals surface area contributed by atoms with Crippen LogP contribution in [-0.2, 0) is 4.74 Å². The number of piperazine rings is 1. The Morgan fingerprint density at radius 3 is 2.78 bits per heavy atom. The summed E-state index contributed by atoms with van der Waals surface area (Å²) < 4.78 is 5.30. The van der Waals surface area contributed by atoms with Crippen LogP contribution < -0.4 is 10.2 Å². The molecule has 3 aromatic heterocycles. The highest BCUT2D eigenvalue weighted by Crippen LogP contribution is 2.45. The topological polar surface area (TPSA) is 96.4 Å². The molecule has 4 aromatic rings. The van der Waals surface area contributed by atoms with Gasteiger partial charge in [-0.2, -0.15) is 0 Å². The summed E-state index contributed by atoms with van der Waals surface area (Å²) in [5, 5.41) is 4.43. The minimum absolute atomic E-state index is 0.0357. The number of ether oxygens (including phenoxy) is 1. The molecule has 9 nitrogen and oxygen atoms in total. The second-order valence-electron chi connectivity index (χ2n) is 9.56. The maximum absolute atomic E-state index is 12.1. The largest absolute Gasteiger partial charge is 0.447 e. The van der Waals surface area contributed by atoms with Gasteiger partial charge in [0.25, 0.3) is 0 Å². The van der Waals surface area contributed by atoms with E-state index in [0.717, 1.165) is 33.8 Å². The van der Waals surface area contributed by atoms with Gasteiger partial charge in [0.15, 0.2) is 5.82 Å². The van der Waals surface area contributed by atoms with Crippen molar-refractivity contribution >= 4 is 34.3 Å². The van der Waals surface area contributed by atoms with Gasteiger partial charge in [-0.05, 0) is 48.6 Å². The Labute approximate surface area is 208 Å². The Kier molecular flexibility index (Phi) is 4.93. The molecule has 0 radical (unpaired) electrons. The van der Waals surface area contributed by atoms with E-state index >= 15 is 0 Å². The van der Waals surface area contributed by atoms with E-state index in [2.05, 4.69) is 20.2 Å². The van der Waals surface area contributed by atoms with Crippen LogP contribution in [0.2, 0.25) is 0 Å². The quantitative estimate of drug-likeness (QED) is 0.451. The predicted molar refractivity (Wildman–Crippen MR) is 136 cm³/mol. The molecule has 1 aliphatic carbocycles. The number of anilines is 3. The number of carbonyl (C=O) groups is 1. The van der Waals surface area contributed by atoms with Crippen molar-refractivity contribution in [3.05, 3.63) is 66.6 Å². The molecule has 3 aliphatic rings. The van der Waals surface area contributed by atoms with E-state index < -0.39 is 0 Å². The minimum atomic E-state index is -0.217. The third-order valence-electron chi connectivity index (χ3n) is 7.11. The molecule has 7 rings (SSSR count). The van der Waals surface area contributed by atoms with E-state index in [4.69, 9.17) is 14.7 Å². The molecule has 36 heavy (non-hydrogen) atoms. The van der Waals surface area contributed by atoms with Crippen molar-refractivity contribution in [1.82, 2.24) is 24.8 Å². The van der Waals surface area contributed by atoms with Crippen LogP contribution in [0.4, 0.5) is 22.1 Å². The average Bonchev–Trinajstić information content (AvgIpc) is 3.71. The van der Waals surface area contributed by atoms with E-state index in [0.29, 0.717) is 38.0 Å². The molecule has 1 aromatic carbocycles. The molecule has 3 fully saturated rings. The van der Waals surface area contributed by atoms with E-state index in [9.17, 15) is 4.79 Å². The van der Waals surface area contributed by atoms with Gasteiger partial charge in [0.2, 0.25) is 0 Å². The second kappa shape index (κ2) is 8.44. The van der Waals surface area contributed by atoms with Crippen LogP contribution in [0.3, 0.4) is 0 Å². The number of hydrogen-bond donors (Lipinski definition) is 1. The Morgan fingerprint density at radius 2 is 1.92 bits per heavy atom. The number of fused-ring (bicyclic) bond motifs is 2. The average molecular weight is 480 g/mol. The summed E-state index contributed by atoms with van der Waals surface area (Å²) in [6, 6.07) is 13.9. The first-order valence-electron chi connectivity index (χ1n) is 12.4. The number of aromatic nitrogens is 4. The molecular formula is C27H25N7O2. The normalized spacial score (nSPS) is 19.3. The van der Waals surface area contributed by atoms with Crippen LogP contribution >= 0.6 is 0 Å². The summed E-state index contributed by atoms with van der Waals surface area (Å²) in [4.78, 5) is 35.3. The number of nitrogens with zero attached hydrogens (tertiary/aromatic N) is 6. The number of nitrogens with one attached hydrogen (secondary N) is 1. The van der Waals surface area contributed by atoms with Gasteiger partial charge in [0.1, 0.15) is 18.2 Å². The number of hydrogen-bond acceptors (Lipinski definition) is 8. The van der Waals surface area contributed by atoms with E-state index in [1.807, 2.05) is 59.8 Å². The molecule has 1 saturated carbocycles. The monoisotopic (exact) mass is 479 g/mol. The van der Waals surface area contributed by atoms with Crippen LogP contribution in [0.5, 0.6) is 0 Å². The zero-order valence-corrected chi connectivity index (χ0v) is 19.7. The molecule has 9 heteroatoms. The SMILES string of the molecule is O=C1OCC2CN(c3nc(-c4ccnc(Nc5ccccc5)c4)nc4cncc(C5CC5)c34)CCN12. The van der Waals surface area contributed by atoms with Crippen molar-refractivity contribution in [2.75, 3.05) is 36.5 Å². The van der Waals surface area contributed by atoms with E-state index in [-0.39, 0.29) is 12.1 Å². The first-order chi connectivity index (χ1) is 17.7. The summed E-state index contributed by atoms with van der Waals surface area (Å²) in [6.45, 7) is 2.41. The summed E-state index contributed by atoms with van der Waals surface area (Å²) >= 11 is 0. The zero-order valence-electron chi connectivity index (χ0n) is 19.7. The van der Waals surface area contributed by atoms with Crippen LogP contribution in [-0.4, -0.2) is 63.2 Å². The first-order valence-corrected chi connectivity index (χ1v) is 12.4. The van der Waals surface area contributed by atoms with Crippen LogP contribution in [0.15, 0.2) is 61.1 Å². The van der Waals surface area contributed by atoms with Crippen molar-refractivity contribution in [3.8, 4) is 11.4 Å². The highest BCUT2D eigenvalue weighted by molar-refractivity contribution is 5.94. The third-order valence-corrected chi connectivity index (χ3v) is 7.11. The maximum Gasteiger partial charge on any atom is 0.410 e. The Morgan fingerprint density at radius 1 is 1.03 bits per heavy atom. The van der Waals surface area contributed by atoms with Crippen LogP contribution in [0.25, 0.3) is 22.3 Å². The van der Waals surface area contributed by atoms with Gasteiger partial charge in [-0.15, -0.1) is 0 Å². The van der Waals surface area contributed by atoms with E-state index in [1.54, 1.807) is 6.20 Å². The molecule has 0 spiro atoms. The minimum Gasteiger partial charge on any atom is -0.447 e. The number of benzene rings is 1. The smallest absolute Gasteiger partial charge is 0.410 e. The van der Waals surface area contributed by atoms with Gasteiger partial charge in [-0.3, -0.25) is 9.88 Å². The lowest BCUT2D eigenvalue weighted by molar-refractivity contribution is 0.157. The third kappa shape index (κ3) is 3.77. The Balaban J connectivity index is 1.31. The fourth-order valence-corrected chi connectivity index (χ4v) is 5.14. The number of rotatable bonds is 5. The lowest BCUT2D eigenvalue weighted by Gasteiger charge is -2.36. The zero-order chi connectivity index (χ0) is 24.1. The summed E-state index contributed by atoms with van der Waals surface area (Å²) in [5.74, 6) is 2.78. The number of para-hydroxylation sites is 1. The lowest BCUT2D eigenvalue weighted by Crippen LogP contribution is -2.52. The standard InChI is InChI=1S/C27H25N7O2/c35-27-34-11-10-33(15-20(34)16-36-27)26-24-21(17-6-7-17)13-28-14-22(24)31-25(32-26)18-8-9-29-23(12-18)30-19-4-2-1-3-5-19/h1-5,8-9,12-14,17,20H,6-7,10-11,15-16H2,(H,29,30). The highest BCUT2D eigenvalue weighted by Gasteiger charge is 2.39. The molecule has 1 unspecified atom stereocenters. The molecule has 1 N–H and O–H groups in total. The molecule has 5 heterocycles. The fraction of sp³-hybridized carbons (Fsp3) is 0.296. The van der Waals surface area contributed by atoms with E-state index in [1.165, 1.54) is 18.4 Å². The molecule has 2 saturated heterocycles. The maximum atomic E-state index is 12.1. The molecule has 180 valence electrons. The molecular weight excluding hydrogens is 454 g/mol. The predicted octanol–water partition coefficient (Wildman–Crippen LogP) is 4.35. The second-order valence-corrected chi connectivity index (χ2v) is 9.56. The number of carbonyl (C=O) groups excluding carboxylic acids is 1. The van der Waals surface area contributed by atoms with Crippen molar-refractivity contribution in [3.63, 3.8) is 0 Å². The Hall–Kier alpha value is -4.27. The van der Waals surface area contributed by atoms with Gasteiger partial charge >= 0.3 is 6.09 Å². The van der Waals surface area contributed by atoms with Crippen molar-refractivity contribution < 1.29 is 9.53 Å². The van der Waals surface area contributed by atoms with Crippen LogP contribution in [0.1, 0.15) is 24.3 Å². The first kappa shape index (κ1) is 21.0. The van der Waals surface area contributed by atoms with Gasteiger partial charge < -0.3 is 15.0 Å². The summed E-state index contributed by atoms with van der Waals surface area (Å²) in [6.07, 6.45) is 7.69. The van der Waals surface area contributed by atoms with Gasteiger partial charge in [0.05, 0.1) is 17.8 Å². The number of amides is 1. The molecule has 2 aliphatic heterocycles. The Bertz CT molecular complexity index is 1460. The summed E-state index contributed by atoms with van der Waals surface area (Å²) in [7, 11) is 0. The fourth-order valence-electron chi connectivity index (χ4n) is 5.14. The van der Waals surface area contributed by atoms with Gasteiger partial charge in [0, 0.05) is 48.7 Å². The van der Waals surface area contributed by atoms with Crippen molar-refractivity contribution in [2.24, 2.45) is 0 Å². The number of pyridine rings is 2. The highest BCUT2D eigenvalue weighted by atomic mass is 16.6. The number of cyclic esters (lactones) is 1. The van der Waals surface area contributed by atoms with Crippen molar-refractivity contribution in [1.29, 1.82) is 0 Å². The molecule has 1 amide bonds. The van der Waals surface area contributed by atoms with Gasteiger partial charge in [-0.25, -0.2) is 19.7 Å². The lowest BCUT2D eigenvalue weighted by atomic mass is 10.1. The molecule has 0 bridgehead atoms. The van der Waals surface area contributed by atoms with Gasteiger partial charge in [-0.1, -0.05) is 18.2 Å². The van der Waals surface area contributed by atoms with Crippen molar-refractivity contribution in [2.45, 2.75) is 24.8 Å². The van der Waals surface area contributed by atoms with Crippen LogP contribution in [0, 0.1) is 0 Å². The summed E-state index contributed by atoms with van der Waals surface area (Å²) in [5.41, 5.74) is 3.90.